The number of likely N-dealkylation sites (tertiary alicyclic amines) is 1. The van der Waals surface area contributed by atoms with Crippen molar-refractivity contribution in [2.75, 3.05) is 26.4 Å². The number of thioether (sulfide) groups is 1. The van der Waals surface area contributed by atoms with Crippen LogP contribution < -0.4 is 5.32 Å². The summed E-state index contributed by atoms with van der Waals surface area (Å²) in [6.45, 7) is 2.82. The number of carbonyl (C=O) groups is 1. The number of hydrogen-bond donors (Lipinski definition) is 4. The van der Waals surface area contributed by atoms with E-state index in [9.17, 15) is 20.1 Å². The van der Waals surface area contributed by atoms with E-state index in [1.165, 1.54) is 11.8 Å². The van der Waals surface area contributed by atoms with Gasteiger partial charge < -0.3 is 25.4 Å². The van der Waals surface area contributed by atoms with Gasteiger partial charge in [-0.1, -0.05) is 18.5 Å². The molecule has 2 aliphatic heterocycles. The second kappa shape index (κ2) is 10.6. The maximum atomic E-state index is 12.9. The Morgan fingerprint density at radius 1 is 1.39 bits per heavy atom. The molecule has 160 valence electrons. The SMILES string of the molecule is CCC[C@@H]1C[C@@H](C(=O)N[C@H](CN=[N+]=[N-])[C@H]2OC(SC)[C@H](O)[C@H](O)C2O)N(C)C1. The van der Waals surface area contributed by atoms with Crippen LogP contribution in [0.3, 0.4) is 0 Å². The molecule has 8 atom stereocenters. The van der Waals surface area contributed by atoms with Crippen LogP contribution in [0.1, 0.15) is 26.2 Å². The molecule has 0 aliphatic carbocycles. The van der Waals surface area contributed by atoms with Gasteiger partial charge in [0.15, 0.2) is 0 Å². The van der Waals surface area contributed by atoms with Crippen molar-refractivity contribution in [1.29, 1.82) is 0 Å². The Morgan fingerprint density at radius 3 is 2.71 bits per heavy atom. The van der Waals surface area contributed by atoms with E-state index >= 15 is 0 Å². The van der Waals surface area contributed by atoms with Gasteiger partial charge in [-0.25, -0.2) is 0 Å². The summed E-state index contributed by atoms with van der Waals surface area (Å²) in [5.41, 5.74) is 7.93. The summed E-state index contributed by atoms with van der Waals surface area (Å²) in [6, 6.07) is -1.13. The van der Waals surface area contributed by atoms with Gasteiger partial charge in [-0.15, -0.1) is 11.8 Å². The number of likely N-dealkylation sites (N-methyl/N-ethyl adjacent to an activating group) is 1. The first-order chi connectivity index (χ1) is 13.3. The van der Waals surface area contributed by atoms with Crippen LogP contribution in [0.2, 0.25) is 0 Å². The fourth-order valence-corrected chi connectivity index (χ4v) is 4.74. The molecule has 0 bridgehead atoms. The maximum absolute atomic E-state index is 12.9. The van der Waals surface area contributed by atoms with E-state index in [1.54, 1.807) is 6.26 Å². The molecule has 2 fully saturated rings. The summed E-state index contributed by atoms with van der Waals surface area (Å²) in [4.78, 5) is 17.6. The summed E-state index contributed by atoms with van der Waals surface area (Å²) in [7, 11) is 1.90. The topological polar surface area (TPSA) is 151 Å². The Kier molecular flexibility index (Phi) is 8.81. The van der Waals surface area contributed by atoms with Crippen LogP contribution in [0, 0.1) is 5.92 Å². The number of nitrogens with zero attached hydrogens (tertiary/aromatic N) is 4. The lowest BCUT2D eigenvalue weighted by Crippen LogP contribution is -2.64. The van der Waals surface area contributed by atoms with E-state index in [4.69, 9.17) is 10.3 Å². The van der Waals surface area contributed by atoms with E-state index in [-0.39, 0.29) is 18.5 Å². The lowest BCUT2D eigenvalue weighted by atomic mass is 9.94. The van der Waals surface area contributed by atoms with Gasteiger partial charge in [0.1, 0.15) is 29.9 Å². The Balaban J connectivity index is 2.12. The van der Waals surface area contributed by atoms with E-state index in [1.807, 2.05) is 11.9 Å². The average Bonchev–Trinajstić information content (AvgIpc) is 3.04. The quantitative estimate of drug-likeness (QED) is 0.248. The Hall–Kier alpha value is -1.07. The molecule has 2 unspecified atom stereocenters. The van der Waals surface area contributed by atoms with Crippen molar-refractivity contribution in [2.45, 2.75) is 68.1 Å². The highest BCUT2D eigenvalue weighted by Gasteiger charge is 2.47. The number of aliphatic hydroxyl groups is 3. The Morgan fingerprint density at radius 2 is 2.11 bits per heavy atom. The summed E-state index contributed by atoms with van der Waals surface area (Å²) in [5, 5.41) is 36.9. The van der Waals surface area contributed by atoms with Crippen LogP contribution in [-0.4, -0.2) is 94.5 Å². The third-order valence-corrected chi connectivity index (χ3v) is 6.39. The van der Waals surface area contributed by atoms with Crippen LogP contribution in [0.15, 0.2) is 5.11 Å². The number of carbonyl (C=O) groups excluding carboxylic acids is 1. The van der Waals surface area contributed by atoms with Crippen LogP contribution in [0.4, 0.5) is 0 Å². The van der Waals surface area contributed by atoms with Crippen molar-refractivity contribution < 1.29 is 24.9 Å². The number of rotatable bonds is 8. The Labute approximate surface area is 169 Å². The van der Waals surface area contributed by atoms with Gasteiger partial charge in [0.25, 0.3) is 0 Å². The Bertz CT molecular complexity index is 576. The molecule has 28 heavy (non-hydrogen) atoms. The van der Waals surface area contributed by atoms with Gasteiger partial charge in [0, 0.05) is 18.0 Å². The van der Waals surface area contributed by atoms with Crippen molar-refractivity contribution in [3.05, 3.63) is 10.4 Å². The number of amides is 1. The molecular weight excluding hydrogens is 386 g/mol. The lowest BCUT2D eigenvalue weighted by molar-refractivity contribution is -0.204. The number of hydrogen-bond acceptors (Lipinski definition) is 8. The van der Waals surface area contributed by atoms with Crippen LogP contribution in [0.5, 0.6) is 0 Å². The predicted octanol–water partition coefficient (Wildman–Crippen LogP) is 0.0725. The fraction of sp³-hybridized carbons (Fsp3) is 0.941. The molecule has 11 heteroatoms. The summed E-state index contributed by atoms with van der Waals surface area (Å²) >= 11 is 1.19. The summed E-state index contributed by atoms with van der Waals surface area (Å²) in [5.74, 6) is 0.229. The van der Waals surface area contributed by atoms with Gasteiger partial charge in [-0.3, -0.25) is 9.69 Å². The van der Waals surface area contributed by atoms with Crippen molar-refractivity contribution in [3.8, 4) is 0 Å². The van der Waals surface area contributed by atoms with Crippen molar-refractivity contribution in [2.24, 2.45) is 11.0 Å². The minimum absolute atomic E-state index is 0.136. The minimum Gasteiger partial charge on any atom is -0.388 e. The van der Waals surface area contributed by atoms with Crippen molar-refractivity contribution in [3.63, 3.8) is 0 Å². The third kappa shape index (κ3) is 5.29. The fourth-order valence-electron chi connectivity index (χ4n) is 4.07. The summed E-state index contributed by atoms with van der Waals surface area (Å²) in [6.07, 6.45) is -0.552. The van der Waals surface area contributed by atoms with Gasteiger partial charge >= 0.3 is 0 Å². The van der Waals surface area contributed by atoms with Gasteiger partial charge in [-0.2, -0.15) is 0 Å². The third-order valence-electron chi connectivity index (χ3n) is 5.54. The monoisotopic (exact) mass is 417 g/mol. The standard InChI is InChI=1S/C17H31N5O5S/c1-4-5-9-6-11(22(2)8-9)16(26)20-10(7-19-21-18)15-13(24)12(23)14(25)17(27-15)28-3/h9-15,17,23-25H,4-8H2,1-3H3,(H,20,26)/t9-,10-,11+,12-,13?,14-,15-,17?/m1/s1. The predicted molar refractivity (Wildman–Crippen MR) is 106 cm³/mol. The molecule has 0 aromatic carbocycles. The molecule has 2 aliphatic rings. The first kappa shape index (κ1) is 23.2. The minimum atomic E-state index is -1.43. The number of nitrogens with one attached hydrogen (secondary N) is 1. The zero-order valence-corrected chi connectivity index (χ0v) is 17.3. The normalized spacial score (nSPS) is 37.3. The zero-order chi connectivity index (χ0) is 20.8. The molecular formula is C17H31N5O5S. The first-order valence-corrected chi connectivity index (χ1v) is 10.9. The van der Waals surface area contributed by atoms with E-state index in [0.717, 1.165) is 25.8 Å². The van der Waals surface area contributed by atoms with E-state index in [0.29, 0.717) is 5.92 Å². The molecule has 0 radical (unpaired) electrons. The second-order valence-electron chi connectivity index (χ2n) is 7.55. The highest BCUT2D eigenvalue weighted by Crippen LogP contribution is 2.30. The molecule has 0 aromatic rings. The molecule has 2 heterocycles. The molecule has 1 amide bonds. The van der Waals surface area contributed by atoms with Crippen molar-refractivity contribution in [1.82, 2.24) is 10.2 Å². The van der Waals surface area contributed by atoms with E-state index in [2.05, 4.69) is 22.3 Å². The van der Waals surface area contributed by atoms with Gasteiger partial charge in [-0.05, 0) is 37.6 Å². The summed E-state index contributed by atoms with van der Waals surface area (Å²) < 4.78 is 5.73. The zero-order valence-electron chi connectivity index (χ0n) is 16.5. The number of azide groups is 1. The van der Waals surface area contributed by atoms with Crippen molar-refractivity contribution >= 4 is 17.7 Å². The molecule has 4 N–H and O–H groups in total. The number of ether oxygens (including phenoxy) is 1. The number of aliphatic hydroxyl groups excluding tert-OH is 3. The highest BCUT2D eigenvalue weighted by molar-refractivity contribution is 7.99. The molecule has 2 rings (SSSR count). The molecule has 0 saturated carbocycles. The highest BCUT2D eigenvalue weighted by atomic mass is 32.2. The molecule has 0 aromatic heterocycles. The first-order valence-electron chi connectivity index (χ1n) is 9.57. The van der Waals surface area contributed by atoms with E-state index < -0.39 is 35.9 Å². The molecule has 0 spiro atoms. The lowest BCUT2D eigenvalue weighted by Gasteiger charge is -2.43. The average molecular weight is 418 g/mol. The molecule has 10 nitrogen and oxygen atoms in total. The second-order valence-corrected chi connectivity index (χ2v) is 8.49. The largest absolute Gasteiger partial charge is 0.388 e. The maximum Gasteiger partial charge on any atom is 0.237 e. The smallest absolute Gasteiger partial charge is 0.237 e. The van der Waals surface area contributed by atoms with Crippen LogP contribution in [-0.2, 0) is 9.53 Å². The van der Waals surface area contributed by atoms with Gasteiger partial charge in [0.05, 0.1) is 12.1 Å². The molecule has 2 saturated heterocycles. The van der Waals surface area contributed by atoms with Crippen LogP contribution in [0.25, 0.3) is 10.4 Å². The van der Waals surface area contributed by atoms with Crippen LogP contribution >= 0.6 is 11.8 Å². The van der Waals surface area contributed by atoms with Gasteiger partial charge in [0.2, 0.25) is 5.91 Å².